The van der Waals surface area contributed by atoms with Crippen molar-refractivity contribution in [3.63, 3.8) is 0 Å². The van der Waals surface area contributed by atoms with E-state index in [1.54, 1.807) is 18.2 Å². The summed E-state index contributed by atoms with van der Waals surface area (Å²) in [4.78, 5) is 8.46. The Hall–Kier alpha value is -2.45. The van der Waals surface area contributed by atoms with E-state index in [0.29, 0.717) is 22.4 Å². The van der Waals surface area contributed by atoms with Gasteiger partial charge in [0, 0.05) is 26.6 Å². The minimum atomic E-state index is -3.57. The van der Waals surface area contributed by atoms with Gasteiger partial charge < -0.3 is 5.32 Å². The molecule has 0 radical (unpaired) electrons. The fourth-order valence-electron chi connectivity index (χ4n) is 2.13. The minimum absolute atomic E-state index is 0.412. The Balaban J connectivity index is 2.03. The van der Waals surface area contributed by atoms with E-state index in [4.69, 9.17) is 0 Å². The normalized spacial score (nSPS) is 11.2. The van der Waals surface area contributed by atoms with Crippen LogP contribution in [0.5, 0.6) is 0 Å². The molecule has 122 valence electrons. The average molecular weight is 405 g/mol. The first-order valence-electron chi connectivity index (χ1n) is 6.89. The number of hydrogen-bond donors (Lipinski definition) is 2. The van der Waals surface area contributed by atoms with Gasteiger partial charge in [-0.2, -0.15) is 0 Å². The van der Waals surface area contributed by atoms with E-state index in [2.05, 4.69) is 42.5 Å². The summed E-state index contributed by atoms with van der Waals surface area (Å²) in [5.74, 6) is 0.581. The first-order valence-corrected chi connectivity index (χ1v) is 9.23. The lowest BCUT2D eigenvalue weighted by Crippen LogP contribution is -2.08. The summed E-state index contributed by atoms with van der Waals surface area (Å²) in [7, 11) is -3.57. The van der Waals surface area contributed by atoms with Crippen LogP contribution in [0.25, 0.3) is 10.9 Å². The molecule has 0 aliphatic heterocycles. The Morgan fingerprint density at radius 2 is 1.92 bits per heavy atom. The molecule has 2 N–H and O–H groups in total. The highest BCUT2D eigenvalue weighted by atomic mass is 79.9. The highest BCUT2D eigenvalue weighted by molar-refractivity contribution is 9.10. The molecule has 0 spiro atoms. The molecule has 1 aromatic heterocycles. The lowest BCUT2D eigenvalue weighted by atomic mass is 10.2. The molecule has 3 rings (SSSR count). The van der Waals surface area contributed by atoms with E-state index < -0.39 is 10.0 Å². The van der Waals surface area contributed by atoms with Crippen molar-refractivity contribution < 1.29 is 8.42 Å². The summed E-state index contributed by atoms with van der Waals surface area (Å²) < 4.78 is 26.6. The number of anilines is 3. The van der Waals surface area contributed by atoms with E-state index in [1.807, 2.05) is 24.3 Å². The largest absolute Gasteiger partial charge is 0.340 e. The van der Waals surface area contributed by atoms with Gasteiger partial charge in [-0.1, -0.05) is 28.6 Å². The molecule has 0 bridgehead atoms. The summed E-state index contributed by atoms with van der Waals surface area (Å²) in [5, 5.41) is 4.77. The SMILES string of the molecule is C=CS(=O)(=O)Nc1ccc2ncnc(Nc3cccc(Br)c3)c2c1. The molecule has 0 saturated carbocycles. The second-order valence-corrected chi connectivity index (χ2v) is 7.45. The van der Waals surface area contributed by atoms with Gasteiger partial charge in [0.1, 0.15) is 12.1 Å². The smallest absolute Gasteiger partial charge is 0.254 e. The molecule has 2 aromatic carbocycles. The van der Waals surface area contributed by atoms with E-state index in [9.17, 15) is 8.42 Å². The van der Waals surface area contributed by atoms with Crippen molar-refractivity contribution >= 4 is 54.0 Å². The zero-order valence-corrected chi connectivity index (χ0v) is 14.8. The zero-order chi connectivity index (χ0) is 17.2. The van der Waals surface area contributed by atoms with E-state index in [0.717, 1.165) is 15.6 Å². The molecule has 8 heteroatoms. The summed E-state index contributed by atoms with van der Waals surface area (Å²) in [5.41, 5.74) is 1.96. The van der Waals surface area contributed by atoms with Gasteiger partial charge in [-0.3, -0.25) is 4.72 Å². The number of aromatic nitrogens is 2. The maximum absolute atomic E-state index is 11.6. The highest BCUT2D eigenvalue weighted by Crippen LogP contribution is 2.27. The fraction of sp³-hybridized carbons (Fsp3) is 0. The molecule has 0 atom stereocenters. The predicted molar refractivity (Wildman–Crippen MR) is 99.7 cm³/mol. The average Bonchev–Trinajstić information content (AvgIpc) is 2.55. The van der Waals surface area contributed by atoms with Crippen molar-refractivity contribution in [3.05, 3.63) is 65.3 Å². The predicted octanol–water partition coefficient (Wildman–Crippen LogP) is 4.02. The lowest BCUT2D eigenvalue weighted by Gasteiger charge is -2.10. The number of nitrogens with zero attached hydrogens (tertiary/aromatic N) is 2. The van der Waals surface area contributed by atoms with Gasteiger partial charge >= 0.3 is 0 Å². The van der Waals surface area contributed by atoms with Crippen LogP contribution in [0.4, 0.5) is 17.2 Å². The van der Waals surface area contributed by atoms with Gasteiger partial charge in [-0.05, 0) is 36.4 Å². The molecule has 0 amide bonds. The Morgan fingerprint density at radius 3 is 2.67 bits per heavy atom. The number of fused-ring (bicyclic) bond motifs is 1. The third-order valence-corrected chi connectivity index (χ3v) is 4.65. The summed E-state index contributed by atoms with van der Waals surface area (Å²) >= 11 is 3.42. The molecular weight excluding hydrogens is 392 g/mol. The van der Waals surface area contributed by atoms with Crippen molar-refractivity contribution in [2.45, 2.75) is 0 Å². The van der Waals surface area contributed by atoms with Crippen LogP contribution in [0, 0.1) is 0 Å². The molecule has 0 aliphatic carbocycles. The van der Waals surface area contributed by atoms with Crippen LogP contribution in [-0.4, -0.2) is 18.4 Å². The summed E-state index contributed by atoms with van der Waals surface area (Å²) in [6, 6.07) is 12.7. The highest BCUT2D eigenvalue weighted by Gasteiger charge is 2.09. The first kappa shape index (κ1) is 16.4. The van der Waals surface area contributed by atoms with Crippen LogP contribution in [0.15, 0.2) is 65.3 Å². The van der Waals surface area contributed by atoms with Gasteiger partial charge in [-0.25, -0.2) is 18.4 Å². The molecule has 24 heavy (non-hydrogen) atoms. The molecule has 0 aliphatic rings. The maximum Gasteiger partial charge on any atom is 0.254 e. The van der Waals surface area contributed by atoms with Crippen molar-refractivity contribution in [2.24, 2.45) is 0 Å². The van der Waals surface area contributed by atoms with Crippen molar-refractivity contribution in [2.75, 3.05) is 10.0 Å². The molecule has 0 saturated heterocycles. The molecule has 6 nitrogen and oxygen atoms in total. The Kier molecular flexibility index (Phi) is 4.50. The van der Waals surface area contributed by atoms with Crippen LogP contribution in [-0.2, 0) is 10.0 Å². The quantitative estimate of drug-likeness (QED) is 0.670. The number of rotatable bonds is 5. The van der Waals surface area contributed by atoms with Crippen LogP contribution >= 0.6 is 15.9 Å². The third kappa shape index (κ3) is 3.72. The van der Waals surface area contributed by atoms with E-state index >= 15 is 0 Å². The number of sulfonamides is 1. The number of hydrogen-bond acceptors (Lipinski definition) is 5. The Morgan fingerprint density at radius 1 is 1.08 bits per heavy atom. The van der Waals surface area contributed by atoms with E-state index in [-0.39, 0.29) is 0 Å². The van der Waals surface area contributed by atoms with E-state index in [1.165, 1.54) is 6.33 Å². The summed E-state index contributed by atoms with van der Waals surface area (Å²) in [6.45, 7) is 3.28. The van der Waals surface area contributed by atoms with Crippen LogP contribution in [0.1, 0.15) is 0 Å². The molecule has 0 unspecified atom stereocenters. The maximum atomic E-state index is 11.6. The van der Waals surface area contributed by atoms with Gasteiger partial charge in [0.2, 0.25) is 0 Å². The number of halogens is 1. The van der Waals surface area contributed by atoms with Crippen LogP contribution in [0.3, 0.4) is 0 Å². The zero-order valence-electron chi connectivity index (χ0n) is 12.4. The van der Waals surface area contributed by atoms with Gasteiger partial charge in [0.15, 0.2) is 0 Å². The number of benzene rings is 2. The van der Waals surface area contributed by atoms with Crippen molar-refractivity contribution in [1.82, 2.24) is 9.97 Å². The monoisotopic (exact) mass is 404 g/mol. The number of nitrogens with one attached hydrogen (secondary N) is 2. The first-order chi connectivity index (χ1) is 11.5. The molecule has 0 fully saturated rings. The Labute approximate surface area is 147 Å². The van der Waals surface area contributed by atoms with Gasteiger partial charge in [0.25, 0.3) is 10.0 Å². The molecule has 3 aromatic rings. The summed E-state index contributed by atoms with van der Waals surface area (Å²) in [6.07, 6.45) is 1.45. The standard InChI is InChI=1S/C16H13BrN4O2S/c1-2-24(22,23)21-13-6-7-15-14(9-13)16(19-10-18-15)20-12-5-3-4-11(17)8-12/h2-10,21H,1H2,(H,18,19,20). The fourth-order valence-corrected chi connectivity index (χ4v) is 3.07. The van der Waals surface area contributed by atoms with Crippen LogP contribution in [0.2, 0.25) is 0 Å². The van der Waals surface area contributed by atoms with Gasteiger partial charge in [0.05, 0.1) is 5.52 Å². The van der Waals surface area contributed by atoms with Crippen LogP contribution < -0.4 is 10.0 Å². The topological polar surface area (TPSA) is 84.0 Å². The van der Waals surface area contributed by atoms with Gasteiger partial charge in [-0.15, -0.1) is 0 Å². The second kappa shape index (κ2) is 6.58. The third-order valence-electron chi connectivity index (χ3n) is 3.20. The van der Waals surface area contributed by atoms with Crippen molar-refractivity contribution in [1.29, 1.82) is 0 Å². The minimum Gasteiger partial charge on any atom is -0.340 e. The second-order valence-electron chi connectivity index (χ2n) is 4.90. The molecular formula is C16H13BrN4O2S. The Bertz CT molecular complexity index is 1020. The van der Waals surface area contributed by atoms with Crippen molar-refractivity contribution in [3.8, 4) is 0 Å². The lowest BCUT2D eigenvalue weighted by molar-refractivity contribution is 0.609. The molecule has 1 heterocycles.